The van der Waals surface area contributed by atoms with Crippen LogP contribution >= 0.6 is 15.9 Å². The van der Waals surface area contributed by atoms with Crippen LogP contribution in [0.1, 0.15) is 34.5 Å². The molecule has 0 atom stereocenters. The lowest BCUT2D eigenvalue weighted by Crippen LogP contribution is -2.34. The highest BCUT2D eigenvalue weighted by Crippen LogP contribution is 2.48. The van der Waals surface area contributed by atoms with Crippen LogP contribution in [0.5, 0.6) is 0 Å². The summed E-state index contributed by atoms with van der Waals surface area (Å²) in [6, 6.07) is 10.2. The second-order valence-electron chi connectivity index (χ2n) is 6.79. The van der Waals surface area contributed by atoms with E-state index in [0.717, 1.165) is 28.4 Å². The average molecular weight is 400 g/mol. The second-order valence-corrected chi connectivity index (χ2v) is 7.71. The molecule has 0 spiro atoms. The summed E-state index contributed by atoms with van der Waals surface area (Å²) in [4.78, 5) is 18.8. The maximum Gasteiger partial charge on any atom is 0.257 e. The molecular formula is C19H18BrN3O2. The molecule has 5 nitrogen and oxygen atoms in total. The lowest BCUT2D eigenvalue weighted by atomic mass is 9.95. The summed E-state index contributed by atoms with van der Waals surface area (Å²) in [7, 11) is 1.85. The zero-order valence-electron chi connectivity index (χ0n) is 14.1. The number of aromatic nitrogens is 2. The minimum absolute atomic E-state index is 0.0293. The van der Waals surface area contributed by atoms with Crippen molar-refractivity contribution in [3.05, 3.63) is 57.8 Å². The quantitative estimate of drug-likeness (QED) is 0.662. The Kier molecular flexibility index (Phi) is 3.87. The molecular weight excluding hydrogens is 382 g/mol. The fraction of sp³-hybridized carbons (Fsp3) is 0.316. The van der Waals surface area contributed by atoms with Crippen LogP contribution in [0, 0.1) is 6.92 Å². The van der Waals surface area contributed by atoms with Gasteiger partial charge in [-0.1, -0.05) is 33.2 Å². The number of hydrogen-bond acceptors (Lipinski definition) is 4. The predicted octanol–water partition coefficient (Wildman–Crippen LogP) is 4.10. The van der Waals surface area contributed by atoms with Gasteiger partial charge in [-0.05, 0) is 43.5 Å². The van der Waals surface area contributed by atoms with E-state index in [-0.39, 0.29) is 11.3 Å². The highest BCUT2D eigenvalue weighted by Gasteiger charge is 2.45. The van der Waals surface area contributed by atoms with Crippen molar-refractivity contribution in [1.82, 2.24) is 15.0 Å². The van der Waals surface area contributed by atoms with Gasteiger partial charge in [0.25, 0.3) is 11.6 Å². The third kappa shape index (κ3) is 2.95. The molecule has 6 heteroatoms. The molecule has 4 rings (SSSR count). The van der Waals surface area contributed by atoms with E-state index in [9.17, 15) is 4.79 Å². The number of likely N-dealkylation sites (N-methyl/N-ethyl adjacent to an activating group) is 1. The SMILES string of the molecule is Cc1noc2ncc(C(=O)N(C)CC3(c4ccc(Br)cc4)CC3)cc12. The van der Waals surface area contributed by atoms with Crippen LogP contribution < -0.4 is 0 Å². The summed E-state index contributed by atoms with van der Waals surface area (Å²) in [6.07, 6.45) is 3.77. The van der Waals surface area contributed by atoms with Crippen molar-refractivity contribution in [1.29, 1.82) is 0 Å². The van der Waals surface area contributed by atoms with Crippen LogP contribution in [0.3, 0.4) is 0 Å². The first-order valence-electron chi connectivity index (χ1n) is 8.22. The van der Waals surface area contributed by atoms with Gasteiger partial charge < -0.3 is 9.42 Å². The molecule has 2 heterocycles. The third-order valence-electron chi connectivity index (χ3n) is 4.95. The number of carbonyl (C=O) groups is 1. The van der Waals surface area contributed by atoms with Gasteiger partial charge in [-0.3, -0.25) is 4.79 Å². The van der Waals surface area contributed by atoms with E-state index in [4.69, 9.17) is 4.52 Å². The zero-order valence-corrected chi connectivity index (χ0v) is 15.7. The van der Waals surface area contributed by atoms with Crippen LogP contribution in [0.25, 0.3) is 11.1 Å². The van der Waals surface area contributed by atoms with Gasteiger partial charge in [-0.25, -0.2) is 4.98 Å². The van der Waals surface area contributed by atoms with E-state index in [2.05, 4.69) is 50.3 Å². The van der Waals surface area contributed by atoms with E-state index in [1.165, 1.54) is 5.56 Å². The summed E-state index contributed by atoms with van der Waals surface area (Å²) in [6.45, 7) is 2.55. The van der Waals surface area contributed by atoms with Gasteiger partial charge >= 0.3 is 0 Å². The predicted molar refractivity (Wildman–Crippen MR) is 98.6 cm³/mol. The summed E-state index contributed by atoms with van der Waals surface area (Å²) < 4.78 is 6.18. The molecule has 3 aromatic rings. The number of aryl methyl sites for hydroxylation is 1. The van der Waals surface area contributed by atoms with Crippen molar-refractivity contribution >= 4 is 32.9 Å². The minimum atomic E-state index is -0.0293. The minimum Gasteiger partial charge on any atom is -0.341 e. The van der Waals surface area contributed by atoms with E-state index in [1.807, 2.05) is 20.0 Å². The fourth-order valence-corrected chi connectivity index (χ4v) is 3.56. The Hall–Kier alpha value is -2.21. The fourth-order valence-electron chi connectivity index (χ4n) is 3.30. The third-order valence-corrected chi connectivity index (χ3v) is 5.48. The topological polar surface area (TPSA) is 59.2 Å². The number of hydrogen-bond donors (Lipinski definition) is 0. The Morgan fingerprint density at radius 3 is 2.72 bits per heavy atom. The molecule has 128 valence electrons. The molecule has 1 aliphatic carbocycles. The van der Waals surface area contributed by atoms with Gasteiger partial charge in [-0.15, -0.1) is 0 Å². The first kappa shape index (κ1) is 16.3. The van der Waals surface area contributed by atoms with Gasteiger partial charge in [0, 0.05) is 29.7 Å². The maximum atomic E-state index is 12.8. The Bertz CT molecular complexity index is 945. The molecule has 0 unspecified atom stereocenters. The molecule has 2 aromatic heterocycles. The number of pyridine rings is 1. The van der Waals surface area contributed by atoms with Gasteiger partial charge in [0.1, 0.15) is 0 Å². The summed E-state index contributed by atoms with van der Waals surface area (Å²) >= 11 is 3.48. The van der Waals surface area contributed by atoms with Crippen molar-refractivity contribution in [3.63, 3.8) is 0 Å². The monoisotopic (exact) mass is 399 g/mol. The lowest BCUT2D eigenvalue weighted by Gasteiger charge is -2.24. The Balaban J connectivity index is 1.55. The van der Waals surface area contributed by atoms with E-state index in [1.54, 1.807) is 11.1 Å². The molecule has 25 heavy (non-hydrogen) atoms. The van der Waals surface area contributed by atoms with Crippen LogP contribution in [0.4, 0.5) is 0 Å². The van der Waals surface area contributed by atoms with Crippen molar-refractivity contribution in [2.75, 3.05) is 13.6 Å². The largest absolute Gasteiger partial charge is 0.341 e. The number of benzene rings is 1. The van der Waals surface area contributed by atoms with Crippen LogP contribution in [0.15, 0.2) is 45.5 Å². The highest BCUT2D eigenvalue weighted by atomic mass is 79.9. The van der Waals surface area contributed by atoms with Gasteiger partial charge in [0.2, 0.25) is 0 Å². The summed E-state index contributed by atoms with van der Waals surface area (Å²) in [5, 5.41) is 4.68. The van der Waals surface area contributed by atoms with Crippen LogP contribution in [-0.4, -0.2) is 34.5 Å². The molecule has 1 aromatic carbocycles. The Morgan fingerprint density at radius 1 is 1.32 bits per heavy atom. The normalized spacial score (nSPS) is 15.3. The molecule has 1 saturated carbocycles. The number of rotatable bonds is 4. The van der Waals surface area contributed by atoms with Gasteiger partial charge in [-0.2, -0.15) is 0 Å². The maximum absolute atomic E-state index is 12.8. The Morgan fingerprint density at radius 2 is 2.04 bits per heavy atom. The first-order valence-corrected chi connectivity index (χ1v) is 9.01. The smallest absolute Gasteiger partial charge is 0.257 e. The first-order chi connectivity index (χ1) is 12.0. The molecule has 0 radical (unpaired) electrons. The number of amides is 1. The second kappa shape index (κ2) is 5.95. The van der Waals surface area contributed by atoms with Crippen molar-refractivity contribution < 1.29 is 9.32 Å². The molecule has 0 aliphatic heterocycles. The van der Waals surface area contributed by atoms with E-state index >= 15 is 0 Å². The molecule has 1 aliphatic rings. The number of nitrogens with zero attached hydrogens (tertiary/aromatic N) is 3. The molecule has 1 amide bonds. The van der Waals surface area contributed by atoms with Crippen LogP contribution in [0.2, 0.25) is 0 Å². The zero-order chi connectivity index (χ0) is 17.6. The Labute approximate surface area is 154 Å². The number of halogens is 1. The van der Waals surface area contributed by atoms with E-state index in [0.29, 0.717) is 17.8 Å². The summed E-state index contributed by atoms with van der Waals surface area (Å²) in [5.74, 6) is -0.0293. The number of carbonyl (C=O) groups excluding carboxylic acids is 1. The highest BCUT2D eigenvalue weighted by molar-refractivity contribution is 9.10. The number of fused-ring (bicyclic) bond motifs is 1. The van der Waals surface area contributed by atoms with Gasteiger partial charge in [0.05, 0.1) is 16.6 Å². The average Bonchev–Trinajstić information content (AvgIpc) is 3.30. The standard InChI is InChI=1S/C19H18BrN3O2/c1-12-16-9-13(10-21-17(16)25-22-12)18(24)23(2)11-19(7-8-19)14-3-5-15(20)6-4-14/h3-6,9-10H,7-8,11H2,1-2H3. The molecule has 1 fully saturated rings. The van der Waals surface area contributed by atoms with Crippen LogP contribution in [-0.2, 0) is 5.41 Å². The van der Waals surface area contributed by atoms with Crippen molar-refractivity contribution in [3.8, 4) is 0 Å². The molecule has 0 N–H and O–H groups in total. The van der Waals surface area contributed by atoms with Crippen molar-refractivity contribution in [2.24, 2.45) is 0 Å². The molecule has 0 saturated heterocycles. The summed E-state index contributed by atoms with van der Waals surface area (Å²) in [5.41, 5.74) is 3.14. The van der Waals surface area contributed by atoms with Gasteiger partial charge in [0.15, 0.2) is 0 Å². The van der Waals surface area contributed by atoms with E-state index < -0.39 is 0 Å². The lowest BCUT2D eigenvalue weighted by molar-refractivity contribution is 0.0781. The molecule has 0 bridgehead atoms. The van der Waals surface area contributed by atoms with Crippen molar-refractivity contribution in [2.45, 2.75) is 25.2 Å².